The first kappa shape index (κ1) is 13.1. The Morgan fingerprint density at radius 2 is 1.72 bits per heavy atom. The van der Waals surface area contributed by atoms with E-state index in [1.165, 1.54) is 16.9 Å². The standard InChI is InChI=1S/C15H18O2S/c1-10(2)11-4-6-12(7-5-11)15(16)14-8-13(17-3)9-18-14/h4-10,15-16H,1-3H3. The molecule has 0 aliphatic rings. The lowest BCUT2D eigenvalue weighted by Crippen LogP contribution is -1.97. The monoisotopic (exact) mass is 262 g/mol. The first-order valence-electron chi connectivity index (χ1n) is 6.02. The Balaban J connectivity index is 2.20. The number of methoxy groups -OCH3 is 1. The fourth-order valence-electron chi connectivity index (χ4n) is 1.81. The first-order chi connectivity index (χ1) is 8.61. The van der Waals surface area contributed by atoms with Gasteiger partial charge in [-0.3, -0.25) is 0 Å². The second kappa shape index (κ2) is 5.55. The Bertz CT molecular complexity index is 499. The molecule has 0 saturated heterocycles. The summed E-state index contributed by atoms with van der Waals surface area (Å²) >= 11 is 1.51. The number of thiophene rings is 1. The van der Waals surface area contributed by atoms with E-state index in [-0.39, 0.29) is 0 Å². The quantitative estimate of drug-likeness (QED) is 0.903. The molecule has 2 nitrogen and oxygen atoms in total. The number of hydrogen-bond donors (Lipinski definition) is 1. The zero-order valence-electron chi connectivity index (χ0n) is 10.9. The zero-order chi connectivity index (χ0) is 13.1. The van der Waals surface area contributed by atoms with Crippen LogP contribution in [0.1, 0.15) is 41.9 Å². The van der Waals surface area contributed by atoms with E-state index in [1.807, 2.05) is 23.6 Å². The van der Waals surface area contributed by atoms with Gasteiger partial charge in [-0.1, -0.05) is 38.1 Å². The first-order valence-corrected chi connectivity index (χ1v) is 6.90. The molecule has 18 heavy (non-hydrogen) atoms. The zero-order valence-corrected chi connectivity index (χ0v) is 11.7. The Kier molecular flexibility index (Phi) is 4.04. The lowest BCUT2D eigenvalue weighted by Gasteiger charge is -2.11. The normalized spacial score (nSPS) is 12.7. The molecule has 0 radical (unpaired) electrons. The number of benzene rings is 1. The Morgan fingerprint density at radius 3 is 2.22 bits per heavy atom. The maximum atomic E-state index is 10.3. The summed E-state index contributed by atoms with van der Waals surface area (Å²) in [5.74, 6) is 1.31. The minimum Gasteiger partial charge on any atom is -0.496 e. The van der Waals surface area contributed by atoms with Gasteiger partial charge in [0, 0.05) is 10.3 Å². The third-order valence-electron chi connectivity index (χ3n) is 3.02. The van der Waals surface area contributed by atoms with Crippen LogP contribution < -0.4 is 4.74 Å². The van der Waals surface area contributed by atoms with Gasteiger partial charge in [-0.25, -0.2) is 0 Å². The third kappa shape index (κ3) is 2.74. The van der Waals surface area contributed by atoms with Gasteiger partial charge in [-0.15, -0.1) is 11.3 Å². The molecule has 0 aliphatic heterocycles. The molecule has 0 saturated carbocycles. The molecule has 1 aromatic heterocycles. The molecule has 2 rings (SSSR count). The largest absolute Gasteiger partial charge is 0.496 e. The van der Waals surface area contributed by atoms with Crippen LogP contribution >= 0.6 is 11.3 Å². The third-order valence-corrected chi connectivity index (χ3v) is 3.98. The van der Waals surface area contributed by atoms with Crippen LogP contribution in [0.3, 0.4) is 0 Å². The van der Waals surface area contributed by atoms with E-state index < -0.39 is 6.10 Å². The molecule has 1 unspecified atom stereocenters. The predicted octanol–water partition coefficient (Wildman–Crippen LogP) is 3.96. The minimum absolute atomic E-state index is 0.512. The molecule has 1 heterocycles. The van der Waals surface area contributed by atoms with Gasteiger partial charge in [0.05, 0.1) is 7.11 Å². The van der Waals surface area contributed by atoms with Crippen LogP contribution in [0.2, 0.25) is 0 Å². The summed E-state index contributed by atoms with van der Waals surface area (Å²) in [6.45, 7) is 4.32. The van der Waals surface area contributed by atoms with E-state index in [2.05, 4.69) is 26.0 Å². The van der Waals surface area contributed by atoms with Crippen molar-refractivity contribution in [1.29, 1.82) is 0 Å². The van der Waals surface area contributed by atoms with E-state index in [0.29, 0.717) is 5.92 Å². The van der Waals surface area contributed by atoms with Gasteiger partial charge in [0.25, 0.3) is 0 Å². The lowest BCUT2D eigenvalue weighted by molar-refractivity contribution is 0.224. The van der Waals surface area contributed by atoms with Crippen molar-refractivity contribution in [3.05, 3.63) is 51.7 Å². The highest BCUT2D eigenvalue weighted by Crippen LogP contribution is 2.31. The fraction of sp³-hybridized carbons (Fsp3) is 0.333. The lowest BCUT2D eigenvalue weighted by atomic mass is 9.99. The van der Waals surface area contributed by atoms with Gasteiger partial charge in [-0.05, 0) is 23.1 Å². The molecule has 1 atom stereocenters. The van der Waals surface area contributed by atoms with Crippen LogP contribution in [0.25, 0.3) is 0 Å². The van der Waals surface area contributed by atoms with Crippen LogP contribution in [-0.4, -0.2) is 12.2 Å². The molecule has 1 N–H and O–H groups in total. The number of aliphatic hydroxyl groups is 1. The smallest absolute Gasteiger partial charge is 0.129 e. The maximum absolute atomic E-state index is 10.3. The van der Waals surface area contributed by atoms with Crippen molar-refractivity contribution in [2.75, 3.05) is 7.11 Å². The highest BCUT2D eigenvalue weighted by atomic mass is 32.1. The fourth-order valence-corrected chi connectivity index (χ4v) is 2.68. The predicted molar refractivity (Wildman–Crippen MR) is 75.5 cm³/mol. The van der Waals surface area contributed by atoms with Crippen LogP contribution in [0.15, 0.2) is 35.7 Å². The van der Waals surface area contributed by atoms with Crippen molar-refractivity contribution < 1.29 is 9.84 Å². The van der Waals surface area contributed by atoms with Gasteiger partial charge >= 0.3 is 0 Å². The molecule has 96 valence electrons. The van der Waals surface area contributed by atoms with Crippen molar-refractivity contribution in [3.63, 3.8) is 0 Å². The second-order valence-electron chi connectivity index (χ2n) is 4.61. The van der Waals surface area contributed by atoms with Gasteiger partial charge in [0.2, 0.25) is 0 Å². The number of rotatable bonds is 4. The van der Waals surface area contributed by atoms with Crippen LogP contribution in [0.5, 0.6) is 5.75 Å². The SMILES string of the molecule is COc1csc(C(O)c2ccc(C(C)C)cc2)c1. The van der Waals surface area contributed by atoms with Gasteiger partial charge in [0.15, 0.2) is 0 Å². The number of aliphatic hydroxyl groups excluding tert-OH is 1. The molecular weight excluding hydrogens is 244 g/mol. The molecule has 2 aromatic rings. The van der Waals surface area contributed by atoms with Gasteiger partial charge in [0.1, 0.15) is 11.9 Å². The molecule has 1 aromatic carbocycles. The highest BCUT2D eigenvalue weighted by Gasteiger charge is 2.13. The number of hydrogen-bond acceptors (Lipinski definition) is 3. The van der Waals surface area contributed by atoms with Crippen molar-refractivity contribution in [1.82, 2.24) is 0 Å². The maximum Gasteiger partial charge on any atom is 0.129 e. The summed E-state index contributed by atoms with van der Waals surface area (Å²) in [4.78, 5) is 0.907. The summed E-state index contributed by atoms with van der Waals surface area (Å²) in [6, 6.07) is 10.0. The average Bonchev–Trinajstić information content (AvgIpc) is 2.86. The van der Waals surface area contributed by atoms with Crippen molar-refractivity contribution >= 4 is 11.3 Å². The van der Waals surface area contributed by atoms with Crippen LogP contribution in [0.4, 0.5) is 0 Å². The molecular formula is C15H18O2S. The molecule has 0 bridgehead atoms. The minimum atomic E-state index is -0.569. The Hall–Kier alpha value is -1.32. The molecule has 0 aliphatic carbocycles. The van der Waals surface area contributed by atoms with E-state index in [9.17, 15) is 5.11 Å². The second-order valence-corrected chi connectivity index (χ2v) is 5.56. The number of ether oxygens (including phenoxy) is 1. The van der Waals surface area contributed by atoms with Gasteiger partial charge < -0.3 is 9.84 Å². The Morgan fingerprint density at radius 1 is 1.11 bits per heavy atom. The van der Waals surface area contributed by atoms with E-state index in [4.69, 9.17) is 4.74 Å². The van der Waals surface area contributed by atoms with E-state index in [1.54, 1.807) is 7.11 Å². The Labute approximate surface area is 112 Å². The van der Waals surface area contributed by atoms with E-state index in [0.717, 1.165) is 16.2 Å². The summed E-state index contributed by atoms with van der Waals surface area (Å²) in [5, 5.41) is 12.2. The summed E-state index contributed by atoms with van der Waals surface area (Å²) in [7, 11) is 1.63. The highest BCUT2D eigenvalue weighted by molar-refractivity contribution is 7.10. The van der Waals surface area contributed by atoms with Crippen LogP contribution in [0, 0.1) is 0 Å². The summed E-state index contributed by atoms with van der Waals surface area (Å²) in [5.41, 5.74) is 2.21. The van der Waals surface area contributed by atoms with Crippen molar-refractivity contribution in [3.8, 4) is 5.75 Å². The molecule has 0 spiro atoms. The topological polar surface area (TPSA) is 29.5 Å². The summed E-state index contributed by atoms with van der Waals surface area (Å²) in [6.07, 6.45) is -0.569. The summed E-state index contributed by atoms with van der Waals surface area (Å²) < 4.78 is 5.13. The average molecular weight is 262 g/mol. The molecule has 3 heteroatoms. The van der Waals surface area contributed by atoms with Gasteiger partial charge in [-0.2, -0.15) is 0 Å². The molecule has 0 fully saturated rings. The van der Waals surface area contributed by atoms with Crippen molar-refractivity contribution in [2.24, 2.45) is 0 Å². The van der Waals surface area contributed by atoms with E-state index >= 15 is 0 Å². The van der Waals surface area contributed by atoms with Crippen LogP contribution in [-0.2, 0) is 0 Å². The van der Waals surface area contributed by atoms with Crippen molar-refractivity contribution in [2.45, 2.75) is 25.9 Å². The molecule has 0 amide bonds.